The van der Waals surface area contributed by atoms with Crippen molar-refractivity contribution in [1.29, 1.82) is 5.41 Å². The van der Waals surface area contributed by atoms with Gasteiger partial charge in [0.15, 0.2) is 0 Å². The highest BCUT2D eigenvalue weighted by molar-refractivity contribution is 5.82. The molecule has 5 heteroatoms. The maximum atomic E-state index is 11.0. The highest BCUT2D eigenvalue weighted by atomic mass is 16.2. The van der Waals surface area contributed by atoms with Crippen LogP contribution in [0.15, 0.2) is 0 Å². The number of nitrogens with one attached hydrogen (secondary N) is 3. The van der Waals surface area contributed by atoms with Crippen molar-refractivity contribution in [3.63, 3.8) is 0 Å². The molecule has 13 heavy (non-hydrogen) atoms. The van der Waals surface area contributed by atoms with Crippen molar-refractivity contribution < 1.29 is 4.79 Å². The Labute approximate surface area is 77.6 Å². The highest BCUT2D eigenvalue weighted by Crippen LogP contribution is 2.25. The zero-order valence-corrected chi connectivity index (χ0v) is 7.76. The molecule has 0 aromatic rings. The van der Waals surface area contributed by atoms with Crippen LogP contribution in [-0.2, 0) is 0 Å². The molecule has 1 saturated carbocycles. The standard InChI is InChI=1S/C8H16N4O/c1-11-8(13)12-6-4-2-3-5(6)7(9)10/h5-6H,2-4H2,1H3,(H3,9,10)(H2,11,12,13). The lowest BCUT2D eigenvalue weighted by molar-refractivity contribution is 0.238. The summed E-state index contributed by atoms with van der Waals surface area (Å²) in [5, 5.41) is 12.6. The Hall–Kier alpha value is -1.26. The number of carbonyl (C=O) groups excluding carboxylic acids is 1. The minimum atomic E-state index is -0.196. The van der Waals surface area contributed by atoms with Crippen LogP contribution in [0.1, 0.15) is 19.3 Å². The van der Waals surface area contributed by atoms with Crippen LogP contribution in [0.4, 0.5) is 4.79 Å². The summed E-state index contributed by atoms with van der Waals surface area (Å²) in [5.41, 5.74) is 5.42. The third kappa shape index (κ3) is 2.34. The molecule has 0 aromatic carbocycles. The molecule has 0 spiro atoms. The van der Waals surface area contributed by atoms with Gasteiger partial charge in [0.05, 0.1) is 5.84 Å². The Kier molecular flexibility index (Phi) is 3.11. The van der Waals surface area contributed by atoms with E-state index in [2.05, 4.69) is 10.6 Å². The van der Waals surface area contributed by atoms with Gasteiger partial charge in [-0.2, -0.15) is 0 Å². The van der Waals surface area contributed by atoms with Gasteiger partial charge in [-0.05, 0) is 12.8 Å². The van der Waals surface area contributed by atoms with Crippen LogP contribution in [0.5, 0.6) is 0 Å². The van der Waals surface area contributed by atoms with E-state index in [1.165, 1.54) is 0 Å². The fourth-order valence-corrected chi connectivity index (χ4v) is 1.75. The predicted molar refractivity (Wildman–Crippen MR) is 50.6 cm³/mol. The Balaban J connectivity index is 2.48. The monoisotopic (exact) mass is 184 g/mol. The number of urea groups is 1. The van der Waals surface area contributed by atoms with E-state index in [1.54, 1.807) is 7.05 Å². The van der Waals surface area contributed by atoms with Gasteiger partial charge in [-0.25, -0.2) is 4.79 Å². The molecule has 1 rings (SSSR count). The number of carbonyl (C=O) groups is 1. The lowest BCUT2D eigenvalue weighted by Gasteiger charge is -2.19. The van der Waals surface area contributed by atoms with E-state index in [4.69, 9.17) is 11.1 Å². The number of rotatable bonds is 2. The molecular formula is C8H16N4O. The van der Waals surface area contributed by atoms with Crippen LogP contribution >= 0.6 is 0 Å². The fraction of sp³-hybridized carbons (Fsp3) is 0.750. The maximum absolute atomic E-state index is 11.0. The largest absolute Gasteiger partial charge is 0.387 e. The summed E-state index contributed by atoms with van der Waals surface area (Å²) in [6.07, 6.45) is 2.85. The first kappa shape index (κ1) is 9.83. The predicted octanol–water partition coefficient (Wildman–Crippen LogP) is 0.0201. The van der Waals surface area contributed by atoms with Gasteiger partial charge >= 0.3 is 6.03 Å². The van der Waals surface area contributed by atoms with Gasteiger partial charge in [-0.1, -0.05) is 6.42 Å². The van der Waals surface area contributed by atoms with Crippen molar-refractivity contribution in [2.75, 3.05) is 7.05 Å². The fourth-order valence-electron chi connectivity index (χ4n) is 1.75. The molecule has 0 aliphatic heterocycles. The van der Waals surface area contributed by atoms with Crippen LogP contribution in [-0.4, -0.2) is 25.0 Å². The summed E-state index contributed by atoms with van der Waals surface area (Å²) in [5.74, 6) is 0.205. The molecule has 1 aliphatic rings. The lowest BCUT2D eigenvalue weighted by Crippen LogP contribution is -2.45. The molecule has 0 bridgehead atoms. The van der Waals surface area contributed by atoms with Crippen LogP contribution in [0.3, 0.4) is 0 Å². The quantitative estimate of drug-likeness (QED) is 0.360. The van der Waals surface area contributed by atoms with E-state index in [0.29, 0.717) is 0 Å². The van der Waals surface area contributed by atoms with Crippen molar-refractivity contribution in [2.24, 2.45) is 11.7 Å². The number of hydrogen-bond donors (Lipinski definition) is 4. The Morgan fingerprint density at radius 3 is 2.77 bits per heavy atom. The van der Waals surface area contributed by atoms with Gasteiger partial charge in [0.2, 0.25) is 0 Å². The highest BCUT2D eigenvalue weighted by Gasteiger charge is 2.30. The molecule has 0 saturated heterocycles. The Morgan fingerprint density at radius 2 is 2.23 bits per heavy atom. The number of amidine groups is 1. The van der Waals surface area contributed by atoms with Crippen LogP contribution < -0.4 is 16.4 Å². The smallest absolute Gasteiger partial charge is 0.314 e. The SMILES string of the molecule is CNC(=O)NC1CCCC1C(=N)N. The number of nitrogens with two attached hydrogens (primary N) is 1. The first-order valence-electron chi connectivity index (χ1n) is 4.47. The number of amides is 2. The van der Waals surface area contributed by atoms with E-state index < -0.39 is 0 Å². The summed E-state index contributed by atoms with van der Waals surface area (Å²) >= 11 is 0. The van der Waals surface area contributed by atoms with Crippen molar-refractivity contribution in [3.8, 4) is 0 Å². The maximum Gasteiger partial charge on any atom is 0.314 e. The van der Waals surface area contributed by atoms with Gasteiger partial charge in [-0.15, -0.1) is 0 Å². The molecule has 2 unspecified atom stereocenters. The topological polar surface area (TPSA) is 91.0 Å². The van der Waals surface area contributed by atoms with E-state index >= 15 is 0 Å². The van der Waals surface area contributed by atoms with Crippen molar-refractivity contribution in [2.45, 2.75) is 25.3 Å². The number of hydrogen-bond acceptors (Lipinski definition) is 2. The third-order valence-corrected chi connectivity index (χ3v) is 2.46. The Morgan fingerprint density at radius 1 is 1.54 bits per heavy atom. The second-order valence-corrected chi connectivity index (χ2v) is 3.32. The molecule has 2 amide bonds. The average molecular weight is 184 g/mol. The van der Waals surface area contributed by atoms with Crippen molar-refractivity contribution in [3.05, 3.63) is 0 Å². The second-order valence-electron chi connectivity index (χ2n) is 3.32. The molecule has 0 heterocycles. The summed E-state index contributed by atoms with van der Waals surface area (Å²) in [6, 6.07) is -0.157. The van der Waals surface area contributed by atoms with Gasteiger partial charge in [-0.3, -0.25) is 5.41 Å². The van der Waals surface area contributed by atoms with E-state index in [0.717, 1.165) is 19.3 Å². The van der Waals surface area contributed by atoms with Crippen molar-refractivity contribution >= 4 is 11.9 Å². The third-order valence-electron chi connectivity index (χ3n) is 2.46. The molecule has 5 nitrogen and oxygen atoms in total. The van der Waals surface area contributed by atoms with Crippen LogP contribution in [0.2, 0.25) is 0 Å². The Bertz CT molecular complexity index is 216. The molecule has 0 radical (unpaired) electrons. The first-order valence-corrected chi connectivity index (χ1v) is 4.47. The molecule has 1 aliphatic carbocycles. The zero-order chi connectivity index (χ0) is 9.84. The summed E-state index contributed by atoms with van der Waals surface area (Å²) in [4.78, 5) is 11.0. The lowest BCUT2D eigenvalue weighted by atomic mass is 10.0. The van der Waals surface area contributed by atoms with Gasteiger partial charge < -0.3 is 16.4 Å². The summed E-state index contributed by atoms with van der Waals surface area (Å²) in [6.45, 7) is 0. The molecule has 1 fully saturated rings. The van der Waals surface area contributed by atoms with Crippen LogP contribution in [0, 0.1) is 11.3 Å². The first-order chi connectivity index (χ1) is 6.15. The summed E-state index contributed by atoms with van der Waals surface area (Å²) < 4.78 is 0. The van der Waals surface area contributed by atoms with Gasteiger partial charge in [0.1, 0.15) is 0 Å². The van der Waals surface area contributed by atoms with Crippen LogP contribution in [0.25, 0.3) is 0 Å². The van der Waals surface area contributed by atoms with E-state index in [9.17, 15) is 4.79 Å². The van der Waals surface area contributed by atoms with E-state index in [-0.39, 0.29) is 23.8 Å². The second kappa shape index (κ2) is 4.11. The average Bonchev–Trinajstić information content (AvgIpc) is 2.52. The molecular weight excluding hydrogens is 168 g/mol. The van der Waals surface area contributed by atoms with Gasteiger partial charge in [0, 0.05) is 19.0 Å². The van der Waals surface area contributed by atoms with Crippen molar-refractivity contribution in [1.82, 2.24) is 10.6 Å². The molecule has 5 N–H and O–H groups in total. The van der Waals surface area contributed by atoms with Gasteiger partial charge in [0.25, 0.3) is 0 Å². The summed E-state index contributed by atoms with van der Waals surface area (Å²) in [7, 11) is 1.58. The molecule has 0 aromatic heterocycles. The molecule has 74 valence electrons. The normalized spacial score (nSPS) is 26.8. The minimum Gasteiger partial charge on any atom is -0.387 e. The zero-order valence-electron chi connectivity index (χ0n) is 7.76. The molecule has 2 atom stereocenters. The van der Waals surface area contributed by atoms with E-state index in [1.807, 2.05) is 0 Å². The minimum absolute atomic E-state index is 0.0253.